The fraction of sp³-hybridized carbons (Fsp3) is 0.400. The zero-order valence-electron chi connectivity index (χ0n) is 10.3. The van der Waals surface area contributed by atoms with Crippen molar-refractivity contribution in [2.45, 2.75) is 30.8 Å². The molecule has 4 rings (SSSR count). The summed E-state index contributed by atoms with van der Waals surface area (Å²) >= 11 is 0. The Morgan fingerprint density at radius 1 is 1.33 bits per heavy atom. The topological polar surface area (TPSA) is 37.0 Å². The van der Waals surface area contributed by atoms with Gasteiger partial charge in [-0.25, -0.2) is 0 Å². The van der Waals surface area contributed by atoms with Crippen molar-refractivity contribution >= 4 is 16.5 Å². The third kappa shape index (κ3) is 1.51. The number of nitrogens with one attached hydrogen (secondary N) is 2. The molecule has 1 aliphatic heterocycles. The highest BCUT2D eigenvalue weighted by molar-refractivity contribution is 5.93. The molecule has 92 valence electrons. The molecule has 1 saturated heterocycles. The van der Waals surface area contributed by atoms with E-state index in [-0.39, 0.29) is 5.54 Å². The molecule has 0 amide bonds. The second-order valence-electron chi connectivity index (χ2n) is 5.63. The number of hydrogen-bond donors (Lipinski definition) is 2. The lowest BCUT2D eigenvalue weighted by atomic mass is 9.98. The maximum Gasteiger partial charge on any atom is 0.0513 e. The minimum Gasteiger partial charge on any atom is -0.378 e. The molecular weight excluding hydrogens is 222 g/mol. The third-order valence-corrected chi connectivity index (χ3v) is 4.42. The molecule has 0 radical (unpaired) electrons. The molecule has 2 aliphatic rings. The molecule has 2 fully saturated rings. The summed E-state index contributed by atoms with van der Waals surface area (Å²) in [6, 6.07) is 9.24. The molecule has 2 N–H and O–H groups in total. The predicted molar refractivity (Wildman–Crippen MR) is 73.7 cm³/mol. The lowest BCUT2D eigenvalue weighted by Crippen LogP contribution is -2.41. The Hall–Kier alpha value is -1.61. The smallest absolute Gasteiger partial charge is 0.0513 e. The van der Waals surface area contributed by atoms with Crippen LogP contribution in [0.15, 0.2) is 36.7 Å². The minimum atomic E-state index is 0.280. The molecule has 1 saturated carbocycles. The summed E-state index contributed by atoms with van der Waals surface area (Å²) in [6.07, 6.45) is 7.65. The van der Waals surface area contributed by atoms with E-state index in [0.717, 1.165) is 12.6 Å². The van der Waals surface area contributed by atoms with E-state index in [2.05, 4.69) is 39.9 Å². The van der Waals surface area contributed by atoms with Gasteiger partial charge in [-0.05, 0) is 31.4 Å². The van der Waals surface area contributed by atoms with E-state index in [1.807, 2.05) is 12.4 Å². The average Bonchev–Trinajstić information content (AvgIpc) is 2.99. The second-order valence-corrected chi connectivity index (χ2v) is 5.63. The van der Waals surface area contributed by atoms with E-state index in [9.17, 15) is 0 Å². The van der Waals surface area contributed by atoms with Crippen LogP contribution in [0.5, 0.6) is 0 Å². The van der Waals surface area contributed by atoms with Gasteiger partial charge in [0.15, 0.2) is 0 Å². The molecule has 2 atom stereocenters. The number of fused-ring (bicyclic) bond motifs is 3. The van der Waals surface area contributed by atoms with Crippen LogP contribution in [0.3, 0.4) is 0 Å². The van der Waals surface area contributed by atoms with Crippen LogP contribution in [0, 0.1) is 0 Å². The summed E-state index contributed by atoms with van der Waals surface area (Å²) in [5, 5.41) is 9.87. The van der Waals surface area contributed by atoms with Crippen LogP contribution in [0.1, 0.15) is 19.3 Å². The molecule has 2 aromatic rings. The normalized spacial score (nSPS) is 29.9. The largest absolute Gasteiger partial charge is 0.378 e. The number of pyridine rings is 1. The van der Waals surface area contributed by atoms with Crippen LogP contribution in [-0.4, -0.2) is 23.1 Å². The number of aromatic nitrogens is 1. The first-order valence-electron chi connectivity index (χ1n) is 6.69. The second kappa shape index (κ2) is 3.69. The molecule has 3 nitrogen and oxygen atoms in total. The average molecular weight is 239 g/mol. The molecule has 2 bridgehead atoms. The Morgan fingerprint density at radius 3 is 3.11 bits per heavy atom. The van der Waals surface area contributed by atoms with Gasteiger partial charge in [0.05, 0.1) is 5.54 Å². The van der Waals surface area contributed by atoms with Crippen LogP contribution in [-0.2, 0) is 0 Å². The number of rotatable bonds is 2. The van der Waals surface area contributed by atoms with Gasteiger partial charge in [0.25, 0.3) is 0 Å². The van der Waals surface area contributed by atoms with Crippen LogP contribution < -0.4 is 10.6 Å². The highest BCUT2D eigenvalue weighted by Crippen LogP contribution is 2.39. The molecule has 0 spiro atoms. The van der Waals surface area contributed by atoms with Crippen LogP contribution in [0.4, 0.5) is 5.69 Å². The van der Waals surface area contributed by atoms with Gasteiger partial charge in [0.2, 0.25) is 0 Å². The van der Waals surface area contributed by atoms with Gasteiger partial charge in [-0.2, -0.15) is 0 Å². The molecule has 18 heavy (non-hydrogen) atoms. The fourth-order valence-corrected chi connectivity index (χ4v) is 3.48. The maximum atomic E-state index is 4.19. The standard InChI is InChI=1S/C15H17N3/c1-2-11-9-16-7-5-13(11)14(3-1)18-15-6-4-12(8-15)17-10-15/h1-3,5,7,9,12,17-18H,4,6,8,10H2. The molecular formula is C15H17N3. The van der Waals surface area contributed by atoms with E-state index >= 15 is 0 Å². The van der Waals surface area contributed by atoms with Gasteiger partial charge >= 0.3 is 0 Å². The van der Waals surface area contributed by atoms with E-state index in [1.165, 1.54) is 35.7 Å². The summed E-state index contributed by atoms with van der Waals surface area (Å²) in [6.45, 7) is 1.10. The quantitative estimate of drug-likeness (QED) is 0.845. The van der Waals surface area contributed by atoms with Crippen molar-refractivity contribution in [2.75, 3.05) is 11.9 Å². The molecule has 1 aliphatic carbocycles. The minimum absolute atomic E-state index is 0.280. The number of benzene rings is 1. The lowest BCUT2D eigenvalue weighted by molar-refractivity contribution is 0.468. The van der Waals surface area contributed by atoms with Crippen molar-refractivity contribution in [1.29, 1.82) is 0 Å². The Labute approximate surface area is 107 Å². The van der Waals surface area contributed by atoms with Crippen molar-refractivity contribution in [1.82, 2.24) is 10.3 Å². The fourth-order valence-electron chi connectivity index (χ4n) is 3.48. The zero-order valence-corrected chi connectivity index (χ0v) is 10.3. The Morgan fingerprint density at radius 2 is 2.33 bits per heavy atom. The van der Waals surface area contributed by atoms with Crippen LogP contribution in [0.25, 0.3) is 10.8 Å². The van der Waals surface area contributed by atoms with E-state index < -0.39 is 0 Å². The van der Waals surface area contributed by atoms with Gasteiger partial charge in [0, 0.05) is 41.4 Å². The maximum absolute atomic E-state index is 4.19. The number of piperidine rings is 1. The summed E-state index contributed by atoms with van der Waals surface area (Å²) in [4.78, 5) is 4.19. The van der Waals surface area contributed by atoms with E-state index in [4.69, 9.17) is 0 Å². The van der Waals surface area contributed by atoms with Crippen molar-refractivity contribution in [3.8, 4) is 0 Å². The first kappa shape index (κ1) is 10.3. The molecule has 3 heteroatoms. The van der Waals surface area contributed by atoms with Crippen molar-refractivity contribution in [3.05, 3.63) is 36.7 Å². The summed E-state index contributed by atoms with van der Waals surface area (Å²) in [5.74, 6) is 0. The third-order valence-electron chi connectivity index (χ3n) is 4.42. The number of anilines is 1. The van der Waals surface area contributed by atoms with E-state index in [1.54, 1.807) is 0 Å². The van der Waals surface area contributed by atoms with Gasteiger partial charge in [-0.3, -0.25) is 4.98 Å². The predicted octanol–water partition coefficient (Wildman–Crippen LogP) is 2.54. The first-order valence-corrected chi connectivity index (χ1v) is 6.69. The Balaban J connectivity index is 1.75. The monoisotopic (exact) mass is 239 g/mol. The number of hydrogen-bond acceptors (Lipinski definition) is 3. The summed E-state index contributed by atoms with van der Waals surface area (Å²) in [5.41, 5.74) is 1.53. The van der Waals surface area contributed by atoms with E-state index in [0.29, 0.717) is 0 Å². The van der Waals surface area contributed by atoms with Gasteiger partial charge in [-0.1, -0.05) is 12.1 Å². The summed E-state index contributed by atoms with van der Waals surface area (Å²) in [7, 11) is 0. The van der Waals surface area contributed by atoms with Gasteiger partial charge < -0.3 is 10.6 Å². The first-order chi connectivity index (χ1) is 8.85. The zero-order chi connectivity index (χ0) is 12.0. The van der Waals surface area contributed by atoms with Crippen molar-refractivity contribution in [2.24, 2.45) is 0 Å². The van der Waals surface area contributed by atoms with Crippen molar-refractivity contribution < 1.29 is 0 Å². The van der Waals surface area contributed by atoms with Gasteiger partial charge in [0.1, 0.15) is 0 Å². The highest BCUT2D eigenvalue weighted by atomic mass is 15.1. The van der Waals surface area contributed by atoms with Gasteiger partial charge in [-0.15, -0.1) is 0 Å². The van der Waals surface area contributed by atoms with Crippen LogP contribution >= 0.6 is 0 Å². The molecule has 2 heterocycles. The lowest BCUT2D eigenvalue weighted by Gasteiger charge is -2.29. The molecule has 1 aromatic heterocycles. The highest BCUT2D eigenvalue weighted by Gasteiger charge is 2.44. The molecule has 1 aromatic carbocycles. The Kier molecular flexibility index (Phi) is 2.12. The summed E-state index contributed by atoms with van der Waals surface area (Å²) < 4.78 is 0. The SMILES string of the molecule is c1cc(NC23CCC(C2)NC3)c2ccncc2c1. The van der Waals surface area contributed by atoms with Crippen LogP contribution in [0.2, 0.25) is 0 Å². The van der Waals surface area contributed by atoms with Crippen molar-refractivity contribution in [3.63, 3.8) is 0 Å². The molecule has 2 unspecified atom stereocenters. The number of nitrogens with zero attached hydrogens (tertiary/aromatic N) is 1. The Bertz CT molecular complexity index is 580.